The van der Waals surface area contributed by atoms with Crippen LogP contribution >= 0.6 is 23.2 Å². The predicted octanol–water partition coefficient (Wildman–Crippen LogP) is 5.43. The third kappa shape index (κ3) is 5.26. The highest BCUT2D eigenvalue weighted by atomic mass is 35.5. The second-order valence-corrected chi connectivity index (χ2v) is 5.21. The molecule has 1 N–H and O–H groups in total. The summed E-state index contributed by atoms with van der Waals surface area (Å²) in [4.78, 5) is 3.59. The molecule has 0 amide bonds. The number of aromatic nitrogens is 1. The summed E-state index contributed by atoms with van der Waals surface area (Å²) in [5.41, 5.74) is 2.39. The molecule has 0 atom stereocenters. The molecule has 0 radical (unpaired) electrons. The van der Waals surface area contributed by atoms with Crippen molar-refractivity contribution < 1.29 is 13.2 Å². The molecule has 1 aromatic carbocycles. The second-order valence-electron chi connectivity index (χ2n) is 4.36. The Morgan fingerprint density at radius 1 is 1.22 bits per heavy atom. The Morgan fingerprint density at radius 2 is 1.91 bits per heavy atom. The molecule has 0 saturated carbocycles. The minimum Gasteiger partial charge on any atom is -0.260 e. The average molecular weight is 360 g/mol. The molecule has 0 bridgehead atoms. The molecule has 0 aliphatic carbocycles. The average Bonchev–Trinajstić information content (AvgIpc) is 2.49. The minimum absolute atomic E-state index is 0.0000874. The van der Waals surface area contributed by atoms with Gasteiger partial charge in [-0.3, -0.25) is 5.43 Å². The zero-order valence-corrected chi connectivity index (χ0v) is 13.0. The topological polar surface area (TPSA) is 37.3 Å². The second kappa shape index (κ2) is 7.48. The molecule has 0 fully saturated rings. The van der Waals surface area contributed by atoms with Crippen molar-refractivity contribution in [1.29, 1.82) is 0 Å². The van der Waals surface area contributed by atoms with Crippen molar-refractivity contribution in [3.8, 4) is 0 Å². The number of benzene rings is 1. The van der Waals surface area contributed by atoms with Gasteiger partial charge >= 0.3 is 6.18 Å². The van der Waals surface area contributed by atoms with E-state index >= 15 is 0 Å². The monoisotopic (exact) mass is 359 g/mol. The molecule has 0 spiro atoms. The van der Waals surface area contributed by atoms with Crippen LogP contribution in [0.25, 0.3) is 6.08 Å². The van der Waals surface area contributed by atoms with Gasteiger partial charge in [-0.15, -0.1) is 0 Å². The van der Waals surface area contributed by atoms with E-state index < -0.39 is 11.7 Å². The molecule has 0 saturated heterocycles. The fourth-order valence-electron chi connectivity index (χ4n) is 1.58. The minimum atomic E-state index is -4.50. The summed E-state index contributed by atoms with van der Waals surface area (Å²) in [6.45, 7) is 0. The van der Waals surface area contributed by atoms with Crippen molar-refractivity contribution in [3.05, 3.63) is 63.8 Å². The molecule has 8 heteroatoms. The first-order valence-electron chi connectivity index (χ1n) is 6.30. The number of anilines is 1. The number of halogens is 5. The van der Waals surface area contributed by atoms with Gasteiger partial charge in [0.1, 0.15) is 0 Å². The van der Waals surface area contributed by atoms with E-state index in [4.69, 9.17) is 23.2 Å². The van der Waals surface area contributed by atoms with Crippen molar-refractivity contribution in [2.24, 2.45) is 5.10 Å². The molecule has 1 aromatic heterocycles. The summed E-state index contributed by atoms with van der Waals surface area (Å²) in [6, 6.07) is 10.1. The predicted molar refractivity (Wildman–Crippen MR) is 86.6 cm³/mol. The lowest BCUT2D eigenvalue weighted by Gasteiger charge is -2.08. The largest absolute Gasteiger partial charge is 0.417 e. The van der Waals surface area contributed by atoms with Gasteiger partial charge in [-0.2, -0.15) is 18.3 Å². The zero-order chi connectivity index (χ0) is 16.9. The summed E-state index contributed by atoms with van der Waals surface area (Å²) < 4.78 is 37.5. The maximum absolute atomic E-state index is 12.5. The maximum Gasteiger partial charge on any atom is 0.417 e. The van der Waals surface area contributed by atoms with Crippen LogP contribution in [-0.2, 0) is 6.18 Å². The van der Waals surface area contributed by atoms with Gasteiger partial charge in [-0.1, -0.05) is 53.5 Å². The van der Waals surface area contributed by atoms with E-state index in [1.165, 1.54) is 6.21 Å². The van der Waals surface area contributed by atoms with Crippen molar-refractivity contribution in [3.63, 3.8) is 0 Å². The molecule has 1 heterocycles. The Labute approximate surface area is 140 Å². The summed E-state index contributed by atoms with van der Waals surface area (Å²) >= 11 is 11.7. The number of hydrogen-bond donors (Lipinski definition) is 1. The Balaban J connectivity index is 2.04. The van der Waals surface area contributed by atoms with Crippen molar-refractivity contribution in [2.45, 2.75) is 6.18 Å². The fourth-order valence-corrected chi connectivity index (χ4v) is 1.96. The number of alkyl halides is 3. The molecule has 0 aliphatic heterocycles. The molecule has 3 nitrogen and oxygen atoms in total. The number of allylic oxidation sites excluding steroid dienone is 1. The van der Waals surface area contributed by atoms with Gasteiger partial charge in [0.25, 0.3) is 0 Å². The number of hydrazone groups is 1. The Morgan fingerprint density at radius 3 is 2.52 bits per heavy atom. The molecular weight excluding hydrogens is 350 g/mol. The molecule has 0 aliphatic rings. The number of nitrogens with zero attached hydrogens (tertiary/aromatic N) is 2. The van der Waals surface area contributed by atoms with Crippen LogP contribution in [0.3, 0.4) is 0 Å². The summed E-state index contributed by atoms with van der Waals surface area (Å²) in [7, 11) is 0. The molecule has 120 valence electrons. The standard InChI is InChI=1S/C15H10Cl2F3N3/c16-12(6-10-4-2-1-3-5-10)9-22-23-14-13(17)7-11(8-21-14)15(18,19)20/h1-9H,(H,21,23)/b12-6-,22-9?. The van der Waals surface area contributed by atoms with Crippen LogP contribution in [-0.4, -0.2) is 11.2 Å². The van der Waals surface area contributed by atoms with Gasteiger partial charge in [0, 0.05) is 6.20 Å². The Bertz CT molecular complexity index is 728. The van der Waals surface area contributed by atoms with Gasteiger partial charge < -0.3 is 0 Å². The Hall–Kier alpha value is -2.05. The van der Waals surface area contributed by atoms with Crippen LogP contribution in [0.1, 0.15) is 11.1 Å². The van der Waals surface area contributed by atoms with Gasteiger partial charge in [0.15, 0.2) is 5.82 Å². The fraction of sp³-hybridized carbons (Fsp3) is 0.0667. The van der Waals surface area contributed by atoms with Crippen LogP contribution in [0.15, 0.2) is 52.7 Å². The molecule has 23 heavy (non-hydrogen) atoms. The number of nitrogens with one attached hydrogen (secondary N) is 1. The number of hydrogen-bond acceptors (Lipinski definition) is 3. The van der Waals surface area contributed by atoms with E-state index in [1.54, 1.807) is 6.08 Å². The third-order valence-corrected chi connectivity index (χ3v) is 3.13. The molecule has 0 unspecified atom stereocenters. The zero-order valence-electron chi connectivity index (χ0n) is 11.5. The van der Waals surface area contributed by atoms with Crippen LogP contribution in [0, 0.1) is 0 Å². The van der Waals surface area contributed by atoms with Gasteiger partial charge in [0.05, 0.1) is 21.8 Å². The highest BCUT2D eigenvalue weighted by Crippen LogP contribution is 2.32. The first-order valence-corrected chi connectivity index (χ1v) is 7.06. The van der Waals surface area contributed by atoms with Gasteiger partial charge in [-0.05, 0) is 17.7 Å². The summed E-state index contributed by atoms with van der Waals surface area (Å²) in [5.74, 6) is 0.0000874. The van der Waals surface area contributed by atoms with Crippen molar-refractivity contribution in [2.75, 3.05) is 5.43 Å². The first kappa shape index (κ1) is 17.3. The normalized spacial score (nSPS) is 12.7. The quantitative estimate of drug-likeness (QED) is 0.583. The summed E-state index contributed by atoms with van der Waals surface area (Å²) in [6.07, 6.45) is -0.857. The van der Waals surface area contributed by atoms with Crippen LogP contribution in [0.2, 0.25) is 5.02 Å². The smallest absolute Gasteiger partial charge is 0.260 e. The highest BCUT2D eigenvalue weighted by molar-refractivity contribution is 6.41. The molecule has 2 rings (SSSR count). The van der Waals surface area contributed by atoms with E-state index in [0.717, 1.165) is 11.6 Å². The number of pyridine rings is 1. The van der Waals surface area contributed by atoms with E-state index in [0.29, 0.717) is 11.2 Å². The lowest BCUT2D eigenvalue weighted by Crippen LogP contribution is -2.06. The van der Waals surface area contributed by atoms with E-state index in [9.17, 15) is 13.2 Å². The molecular formula is C15H10Cl2F3N3. The van der Waals surface area contributed by atoms with Crippen LogP contribution in [0.4, 0.5) is 19.0 Å². The first-order chi connectivity index (χ1) is 10.9. The van der Waals surface area contributed by atoms with Crippen LogP contribution in [0.5, 0.6) is 0 Å². The van der Waals surface area contributed by atoms with E-state index in [2.05, 4.69) is 15.5 Å². The lowest BCUT2D eigenvalue weighted by atomic mass is 10.2. The molecule has 2 aromatic rings. The van der Waals surface area contributed by atoms with Gasteiger partial charge in [0.2, 0.25) is 0 Å². The van der Waals surface area contributed by atoms with Crippen molar-refractivity contribution in [1.82, 2.24) is 4.98 Å². The highest BCUT2D eigenvalue weighted by Gasteiger charge is 2.31. The van der Waals surface area contributed by atoms with Crippen molar-refractivity contribution >= 4 is 41.3 Å². The van der Waals surface area contributed by atoms with Gasteiger partial charge in [-0.25, -0.2) is 4.98 Å². The Kier molecular flexibility index (Phi) is 5.63. The number of rotatable bonds is 4. The van der Waals surface area contributed by atoms with E-state index in [-0.39, 0.29) is 10.8 Å². The SMILES string of the molecule is FC(F)(F)c1cnc(NN=C/C(Cl)=C/c2ccccc2)c(Cl)c1. The van der Waals surface area contributed by atoms with Crippen LogP contribution < -0.4 is 5.43 Å². The lowest BCUT2D eigenvalue weighted by molar-refractivity contribution is -0.137. The van der Waals surface area contributed by atoms with E-state index in [1.807, 2.05) is 30.3 Å². The maximum atomic E-state index is 12.5. The summed E-state index contributed by atoms with van der Waals surface area (Å²) in [5, 5.41) is 3.92. The third-order valence-electron chi connectivity index (χ3n) is 2.63.